The van der Waals surface area contributed by atoms with Gasteiger partial charge in [-0.1, -0.05) is 24.3 Å². The molecule has 4 nitrogen and oxygen atoms in total. The van der Waals surface area contributed by atoms with Crippen molar-refractivity contribution in [3.05, 3.63) is 53.3 Å². The standard InChI is InChI=1S/C13H10N2O2/c1-15-10(6-7-14-15)11-12(16)8-4-2-3-5-9(8)13(11)17/h2-7,11H,1H3. The van der Waals surface area contributed by atoms with E-state index in [-0.39, 0.29) is 11.6 Å². The Kier molecular flexibility index (Phi) is 1.98. The van der Waals surface area contributed by atoms with E-state index in [2.05, 4.69) is 5.10 Å². The van der Waals surface area contributed by atoms with Gasteiger partial charge < -0.3 is 0 Å². The molecule has 3 rings (SSSR count). The zero-order valence-electron chi connectivity index (χ0n) is 9.25. The van der Waals surface area contributed by atoms with Gasteiger partial charge in [0.05, 0.1) is 5.69 Å². The minimum atomic E-state index is -0.722. The lowest BCUT2D eigenvalue weighted by atomic mass is 10.00. The van der Waals surface area contributed by atoms with E-state index >= 15 is 0 Å². The van der Waals surface area contributed by atoms with Gasteiger partial charge in [0, 0.05) is 24.4 Å². The number of Topliss-reactive ketones (excluding diaryl/α,β-unsaturated/α-hetero) is 2. The first-order chi connectivity index (χ1) is 8.20. The zero-order chi connectivity index (χ0) is 12.0. The van der Waals surface area contributed by atoms with Crippen molar-refractivity contribution in [3.8, 4) is 0 Å². The fourth-order valence-corrected chi connectivity index (χ4v) is 2.28. The molecule has 1 heterocycles. The highest BCUT2D eigenvalue weighted by atomic mass is 16.2. The van der Waals surface area contributed by atoms with Crippen LogP contribution in [0.3, 0.4) is 0 Å². The van der Waals surface area contributed by atoms with Crippen LogP contribution in [0.1, 0.15) is 32.3 Å². The molecule has 0 atom stereocenters. The lowest BCUT2D eigenvalue weighted by Crippen LogP contribution is -2.16. The van der Waals surface area contributed by atoms with Gasteiger partial charge in [-0.25, -0.2) is 0 Å². The van der Waals surface area contributed by atoms with Gasteiger partial charge in [-0.3, -0.25) is 14.3 Å². The first-order valence-electron chi connectivity index (χ1n) is 5.35. The minimum absolute atomic E-state index is 0.130. The number of nitrogens with zero attached hydrogens (tertiary/aromatic N) is 2. The van der Waals surface area contributed by atoms with E-state index < -0.39 is 5.92 Å². The van der Waals surface area contributed by atoms with Crippen molar-refractivity contribution < 1.29 is 9.59 Å². The van der Waals surface area contributed by atoms with Crippen LogP contribution in [0.15, 0.2) is 36.5 Å². The number of hydrogen-bond acceptors (Lipinski definition) is 3. The highest BCUT2D eigenvalue weighted by molar-refractivity contribution is 6.29. The summed E-state index contributed by atoms with van der Waals surface area (Å²) in [4.78, 5) is 24.4. The molecule has 0 N–H and O–H groups in total. The van der Waals surface area contributed by atoms with Crippen LogP contribution in [-0.2, 0) is 7.05 Å². The predicted octanol–water partition coefficient (Wildman–Crippen LogP) is 1.58. The second-order valence-corrected chi connectivity index (χ2v) is 4.09. The predicted molar refractivity (Wildman–Crippen MR) is 61.1 cm³/mol. The summed E-state index contributed by atoms with van der Waals surface area (Å²) in [6.45, 7) is 0. The summed E-state index contributed by atoms with van der Waals surface area (Å²) in [5.74, 6) is -0.983. The van der Waals surface area contributed by atoms with E-state index in [1.54, 1.807) is 48.3 Å². The van der Waals surface area contributed by atoms with Crippen LogP contribution in [0, 0.1) is 0 Å². The lowest BCUT2D eigenvalue weighted by Gasteiger charge is -2.06. The van der Waals surface area contributed by atoms with Gasteiger partial charge in [0.15, 0.2) is 11.6 Å². The average Bonchev–Trinajstić information content (AvgIpc) is 2.84. The molecule has 0 radical (unpaired) electrons. The van der Waals surface area contributed by atoms with Crippen molar-refractivity contribution in [1.82, 2.24) is 9.78 Å². The second-order valence-electron chi connectivity index (χ2n) is 4.09. The maximum absolute atomic E-state index is 12.2. The van der Waals surface area contributed by atoms with Gasteiger partial charge in [-0.15, -0.1) is 0 Å². The van der Waals surface area contributed by atoms with Crippen LogP contribution in [0.5, 0.6) is 0 Å². The normalized spacial score (nSPS) is 15.4. The van der Waals surface area contributed by atoms with Gasteiger partial charge in [0.2, 0.25) is 0 Å². The van der Waals surface area contributed by atoms with Gasteiger partial charge in [-0.2, -0.15) is 5.10 Å². The quantitative estimate of drug-likeness (QED) is 0.694. The number of aromatic nitrogens is 2. The molecule has 84 valence electrons. The third kappa shape index (κ3) is 1.27. The van der Waals surface area contributed by atoms with E-state index in [0.29, 0.717) is 16.8 Å². The summed E-state index contributed by atoms with van der Waals surface area (Å²) < 4.78 is 1.58. The lowest BCUT2D eigenvalue weighted by molar-refractivity contribution is 0.0885. The van der Waals surface area contributed by atoms with E-state index in [9.17, 15) is 9.59 Å². The smallest absolute Gasteiger partial charge is 0.180 e. The summed E-state index contributed by atoms with van der Waals surface area (Å²) in [6.07, 6.45) is 1.60. The Bertz CT molecular complexity index is 593. The number of carbonyl (C=O) groups excluding carboxylic acids is 2. The molecule has 4 heteroatoms. The number of ketones is 2. The largest absolute Gasteiger partial charge is 0.293 e. The van der Waals surface area contributed by atoms with Crippen molar-refractivity contribution in [2.75, 3.05) is 0 Å². The second kappa shape index (κ2) is 3.38. The van der Waals surface area contributed by atoms with Gasteiger partial charge >= 0.3 is 0 Å². The molecule has 0 amide bonds. The Morgan fingerprint density at radius 2 is 1.65 bits per heavy atom. The number of rotatable bonds is 1. The number of fused-ring (bicyclic) bond motifs is 1. The van der Waals surface area contributed by atoms with Crippen LogP contribution in [-0.4, -0.2) is 21.3 Å². The maximum atomic E-state index is 12.2. The highest BCUT2D eigenvalue weighted by Gasteiger charge is 2.40. The molecule has 0 aliphatic heterocycles. The summed E-state index contributed by atoms with van der Waals surface area (Å²) in [6, 6.07) is 8.66. The number of benzene rings is 1. The van der Waals surface area contributed by atoms with Crippen molar-refractivity contribution in [2.45, 2.75) is 5.92 Å². The number of aryl methyl sites for hydroxylation is 1. The molecule has 1 aliphatic rings. The van der Waals surface area contributed by atoms with Crippen LogP contribution in [0.4, 0.5) is 0 Å². The molecule has 0 unspecified atom stereocenters. The summed E-state index contributed by atoms with van der Waals surface area (Å²) in [7, 11) is 1.74. The first-order valence-corrected chi connectivity index (χ1v) is 5.35. The third-order valence-electron chi connectivity index (χ3n) is 3.14. The molecular weight excluding hydrogens is 216 g/mol. The summed E-state index contributed by atoms with van der Waals surface area (Å²) >= 11 is 0. The summed E-state index contributed by atoms with van der Waals surface area (Å²) in [5.41, 5.74) is 1.68. The van der Waals surface area contributed by atoms with E-state index in [1.165, 1.54) is 0 Å². The van der Waals surface area contributed by atoms with Crippen molar-refractivity contribution in [3.63, 3.8) is 0 Å². The van der Waals surface area contributed by atoms with Crippen LogP contribution < -0.4 is 0 Å². The monoisotopic (exact) mass is 226 g/mol. The Labute approximate surface area is 97.9 Å². The van der Waals surface area contributed by atoms with E-state index in [0.717, 1.165) is 0 Å². The van der Waals surface area contributed by atoms with Gasteiger partial charge in [-0.05, 0) is 6.07 Å². The number of hydrogen-bond donors (Lipinski definition) is 0. The molecule has 1 aromatic heterocycles. The zero-order valence-corrected chi connectivity index (χ0v) is 9.25. The molecule has 1 aromatic carbocycles. The molecular formula is C13H10N2O2. The highest BCUT2D eigenvalue weighted by Crippen LogP contribution is 2.33. The molecule has 0 bridgehead atoms. The maximum Gasteiger partial charge on any atom is 0.180 e. The van der Waals surface area contributed by atoms with E-state index in [1.807, 2.05) is 0 Å². The van der Waals surface area contributed by atoms with E-state index in [4.69, 9.17) is 0 Å². The average molecular weight is 226 g/mol. The van der Waals surface area contributed by atoms with Crippen LogP contribution >= 0.6 is 0 Å². The van der Waals surface area contributed by atoms with Crippen molar-refractivity contribution >= 4 is 11.6 Å². The Hall–Kier alpha value is -2.23. The van der Waals surface area contributed by atoms with Gasteiger partial charge in [0.1, 0.15) is 5.92 Å². The molecule has 2 aromatic rings. The fourth-order valence-electron chi connectivity index (χ4n) is 2.28. The summed E-state index contributed by atoms with van der Waals surface area (Å²) in [5, 5.41) is 4.01. The fraction of sp³-hybridized carbons (Fsp3) is 0.154. The molecule has 1 aliphatic carbocycles. The molecule has 17 heavy (non-hydrogen) atoms. The molecule has 0 saturated heterocycles. The molecule has 0 saturated carbocycles. The Balaban J connectivity index is 2.16. The van der Waals surface area contributed by atoms with Crippen LogP contribution in [0.25, 0.3) is 0 Å². The minimum Gasteiger partial charge on any atom is -0.293 e. The Morgan fingerprint density at radius 3 is 2.12 bits per heavy atom. The topological polar surface area (TPSA) is 52.0 Å². The third-order valence-corrected chi connectivity index (χ3v) is 3.14. The number of carbonyl (C=O) groups is 2. The van der Waals surface area contributed by atoms with Crippen molar-refractivity contribution in [1.29, 1.82) is 0 Å². The Morgan fingerprint density at radius 1 is 1.06 bits per heavy atom. The van der Waals surface area contributed by atoms with Crippen LogP contribution in [0.2, 0.25) is 0 Å². The van der Waals surface area contributed by atoms with Crippen molar-refractivity contribution in [2.24, 2.45) is 7.05 Å². The molecule has 0 fully saturated rings. The van der Waals surface area contributed by atoms with Gasteiger partial charge in [0.25, 0.3) is 0 Å². The molecule has 0 spiro atoms. The first kappa shape index (κ1) is 9.96. The SMILES string of the molecule is Cn1nccc1C1C(=O)c2ccccc2C1=O.